The summed E-state index contributed by atoms with van der Waals surface area (Å²) in [5.41, 5.74) is 1.92. The molecule has 2 aromatic rings. The molecule has 6 heteroatoms. The van der Waals surface area contributed by atoms with Crippen LogP contribution in [-0.2, 0) is 11.3 Å². The third kappa shape index (κ3) is 3.16. The zero-order valence-corrected chi connectivity index (χ0v) is 13.1. The lowest BCUT2D eigenvalue weighted by Gasteiger charge is -2.32. The number of aromatic nitrogens is 4. The third-order valence-electron chi connectivity index (χ3n) is 4.20. The molecular formula is C16H21N5O. The Kier molecular flexibility index (Phi) is 4.18. The van der Waals surface area contributed by atoms with E-state index in [4.69, 9.17) is 0 Å². The molecule has 1 amide bonds. The Balaban J connectivity index is 1.67. The van der Waals surface area contributed by atoms with Crippen LogP contribution in [0.15, 0.2) is 24.8 Å². The van der Waals surface area contributed by atoms with Crippen molar-refractivity contribution in [2.45, 2.75) is 39.2 Å². The van der Waals surface area contributed by atoms with Gasteiger partial charge in [0.15, 0.2) is 0 Å². The molecular weight excluding hydrogens is 278 g/mol. The first-order valence-electron chi connectivity index (χ1n) is 7.67. The number of carbonyl (C=O) groups excluding carboxylic acids is 1. The molecule has 3 heterocycles. The highest BCUT2D eigenvalue weighted by Gasteiger charge is 2.26. The molecule has 6 nitrogen and oxygen atoms in total. The predicted octanol–water partition coefficient (Wildman–Crippen LogP) is 1.70. The Labute approximate surface area is 130 Å². The second-order valence-corrected chi connectivity index (χ2v) is 5.87. The van der Waals surface area contributed by atoms with Gasteiger partial charge in [-0.2, -0.15) is 0 Å². The molecule has 1 aliphatic rings. The van der Waals surface area contributed by atoms with Crippen molar-refractivity contribution in [3.8, 4) is 0 Å². The minimum atomic E-state index is 0.145. The van der Waals surface area contributed by atoms with E-state index in [2.05, 4.69) is 15.0 Å². The first kappa shape index (κ1) is 14.7. The zero-order chi connectivity index (χ0) is 15.5. The average Bonchev–Trinajstić information content (AvgIpc) is 2.92. The van der Waals surface area contributed by atoms with Gasteiger partial charge in [-0.3, -0.25) is 14.8 Å². The summed E-state index contributed by atoms with van der Waals surface area (Å²) in [7, 11) is 0. The van der Waals surface area contributed by atoms with Crippen molar-refractivity contribution in [3.05, 3.63) is 42.0 Å². The van der Waals surface area contributed by atoms with Gasteiger partial charge in [-0.25, -0.2) is 4.98 Å². The molecule has 0 N–H and O–H groups in total. The summed E-state index contributed by atoms with van der Waals surface area (Å²) in [4.78, 5) is 27.4. The Morgan fingerprint density at radius 2 is 2.23 bits per heavy atom. The number of likely N-dealkylation sites (tertiary alicyclic amines) is 1. The summed E-state index contributed by atoms with van der Waals surface area (Å²) in [5, 5.41) is 0. The minimum Gasteiger partial charge on any atom is -0.340 e. The second kappa shape index (κ2) is 6.25. The van der Waals surface area contributed by atoms with Crippen LogP contribution in [0.4, 0.5) is 0 Å². The van der Waals surface area contributed by atoms with Crippen molar-refractivity contribution in [1.29, 1.82) is 0 Å². The maximum atomic E-state index is 12.5. The number of nitrogens with zero attached hydrogens (tertiary/aromatic N) is 5. The highest BCUT2D eigenvalue weighted by atomic mass is 16.2. The number of rotatable bonds is 3. The van der Waals surface area contributed by atoms with Crippen LogP contribution in [0.3, 0.4) is 0 Å². The molecule has 1 saturated heterocycles. The molecule has 0 saturated carbocycles. The second-order valence-electron chi connectivity index (χ2n) is 5.87. The maximum Gasteiger partial charge on any atom is 0.242 e. The number of hydrogen-bond donors (Lipinski definition) is 0. The van der Waals surface area contributed by atoms with E-state index in [1.54, 1.807) is 12.4 Å². The third-order valence-corrected chi connectivity index (χ3v) is 4.20. The fraction of sp³-hybridized carbons (Fsp3) is 0.500. The normalized spacial score (nSPS) is 18.5. The van der Waals surface area contributed by atoms with Crippen molar-refractivity contribution in [1.82, 2.24) is 24.4 Å². The van der Waals surface area contributed by atoms with E-state index >= 15 is 0 Å². The number of amides is 1. The Bertz CT molecular complexity index is 666. The van der Waals surface area contributed by atoms with Gasteiger partial charge in [0.25, 0.3) is 0 Å². The van der Waals surface area contributed by atoms with Crippen LogP contribution in [0, 0.1) is 13.8 Å². The molecule has 0 radical (unpaired) electrons. The fourth-order valence-electron chi connectivity index (χ4n) is 2.94. The van der Waals surface area contributed by atoms with Crippen molar-refractivity contribution < 1.29 is 4.79 Å². The highest BCUT2D eigenvalue weighted by Crippen LogP contribution is 2.25. The number of hydrogen-bond acceptors (Lipinski definition) is 4. The summed E-state index contributed by atoms with van der Waals surface area (Å²) < 4.78 is 1.89. The van der Waals surface area contributed by atoms with E-state index in [1.165, 1.54) is 0 Å². The largest absolute Gasteiger partial charge is 0.340 e. The molecule has 2 aromatic heterocycles. The first-order chi connectivity index (χ1) is 10.6. The average molecular weight is 299 g/mol. The molecule has 1 fully saturated rings. The Morgan fingerprint density at radius 1 is 1.36 bits per heavy atom. The monoisotopic (exact) mass is 299 g/mol. The van der Waals surface area contributed by atoms with E-state index in [1.807, 2.05) is 35.7 Å². The van der Waals surface area contributed by atoms with Gasteiger partial charge >= 0.3 is 0 Å². The van der Waals surface area contributed by atoms with Crippen molar-refractivity contribution in [2.75, 3.05) is 13.1 Å². The summed E-state index contributed by atoms with van der Waals surface area (Å²) in [6.45, 7) is 5.77. The predicted molar refractivity (Wildman–Crippen MR) is 82.3 cm³/mol. The van der Waals surface area contributed by atoms with Crippen LogP contribution in [0.5, 0.6) is 0 Å². The lowest BCUT2D eigenvalue weighted by Crippen LogP contribution is -2.41. The molecule has 0 aliphatic carbocycles. The highest BCUT2D eigenvalue weighted by molar-refractivity contribution is 5.76. The Morgan fingerprint density at radius 3 is 2.95 bits per heavy atom. The number of carbonyl (C=O) groups is 1. The van der Waals surface area contributed by atoms with Crippen LogP contribution in [0.1, 0.15) is 36.0 Å². The van der Waals surface area contributed by atoms with Gasteiger partial charge in [-0.1, -0.05) is 0 Å². The summed E-state index contributed by atoms with van der Waals surface area (Å²) >= 11 is 0. The van der Waals surface area contributed by atoms with Crippen LogP contribution in [0.2, 0.25) is 0 Å². The quantitative estimate of drug-likeness (QED) is 0.865. The summed E-state index contributed by atoms with van der Waals surface area (Å²) in [6, 6.07) is 0. The summed E-state index contributed by atoms with van der Waals surface area (Å²) in [5.74, 6) is 1.30. The van der Waals surface area contributed by atoms with Crippen molar-refractivity contribution in [2.24, 2.45) is 0 Å². The van der Waals surface area contributed by atoms with E-state index in [9.17, 15) is 4.79 Å². The van der Waals surface area contributed by atoms with Crippen LogP contribution in [0.25, 0.3) is 0 Å². The van der Waals surface area contributed by atoms with Gasteiger partial charge in [-0.05, 0) is 26.7 Å². The van der Waals surface area contributed by atoms with Gasteiger partial charge in [-0.15, -0.1) is 0 Å². The minimum absolute atomic E-state index is 0.145. The molecule has 0 spiro atoms. The topological polar surface area (TPSA) is 63.9 Å². The van der Waals surface area contributed by atoms with Gasteiger partial charge < -0.3 is 9.47 Å². The van der Waals surface area contributed by atoms with E-state index in [0.717, 1.165) is 43.1 Å². The molecule has 1 atom stereocenters. The molecule has 3 rings (SSSR count). The molecule has 22 heavy (non-hydrogen) atoms. The van der Waals surface area contributed by atoms with Gasteiger partial charge in [0, 0.05) is 43.8 Å². The fourth-order valence-corrected chi connectivity index (χ4v) is 2.94. The van der Waals surface area contributed by atoms with E-state index in [-0.39, 0.29) is 11.8 Å². The summed E-state index contributed by atoms with van der Waals surface area (Å²) in [6.07, 6.45) is 9.23. The molecule has 1 aliphatic heterocycles. The molecule has 0 aromatic carbocycles. The van der Waals surface area contributed by atoms with Crippen LogP contribution < -0.4 is 0 Å². The van der Waals surface area contributed by atoms with Crippen LogP contribution >= 0.6 is 0 Å². The number of imidazole rings is 1. The first-order valence-corrected chi connectivity index (χ1v) is 7.67. The SMILES string of the molecule is Cc1cncc(C2CCCN(C(=O)Cn3ccnc3C)C2)n1. The van der Waals surface area contributed by atoms with Crippen molar-refractivity contribution in [3.63, 3.8) is 0 Å². The molecule has 0 bridgehead atoms. The van der Waals surface area contributed by atoms with Crippen LogP contribution in [-0.4, -0.2) is 43.4 Å². The zero-order valence-electron chi connectivity index (χ0n) is 13.1. The number of aryl methyl sites for hydroxylation is 2. The smallest absolute Gasteiger partial charge is 0.242 e. The number of piperidine rings is 1. The molecule has 116 valence electrons. The van der Waals surface area contributed by atoms with Gasteiger partial charge in [0.2, 0.25) is 5.91 Å². The van der Waals surface area contributed by atoms with Gasteiger partial charge in [0.05, 0.1) is 11.4 Å². The molecule has 1 unspecified atom stereocenters. The van der Waals surface area contributed by atoms with E-state index in [0.29, 0.717) is 6.54 Å². The maximum absolute atomic E-state index is 12.5. The Hall–Kier alpha value is -2.24. The standard InChI is InChI=1S/C16H21N5O/c1-12-8-17-9-15(19-12)14-4-3-6-21(10-14)16(22)11-20-7-5-18-13(20)2/h5,7-9,14H,3-4,6,10-11H2,1-2H3. The lowest BCUT2D eigenvalue weighted by atomic mass is 9.95. The van der Waals surface area contributed by atoms with E-state index < -0.39 is 0 Å². The van der Waals surface area contributed by atoms with Gasteiger partial charge in [0.1, 0.15) is 12.4 Å². The lowest BCUT2D eigenvalue weighted by molar-refractivity contribution is -0.133. The van der Waals surface area contributed by atoms with Crippen molar-refractivity contribution >= 4 is 5.91 Å².